The summed E-state index contributed by atoms with van der Waals surface area (Å²) in [5.74, 6) is 1.00. The summed E-state index contributed by atoms with van der Waals surface area (Å²) < 4.78 is 5.95. The van der Waals surface area contributed by atoms with Gasteiger partial charge in [-0.3, -0.25) is 0 Å². The zero-order valence-electron chi connectivity index (χ0n) is 11.8. The van der Waals surface area contributed by atoms with Crippen LogP contribution in [0.5, 0.6) is 0 Å². The molecule has 3 aromatic rings. The molecule has 1 unspecified atom stereocenters. The molecule has 0 radical (unpaired) electrons. The van der Waals surface area contributed by atoms with E-state index in [9.17, 15) is 0 Å². The minimum Gasteiger partial charge on any atom is -0.461 e. The third kappa shape index (κ3) is 2.17. The molecule has 0 aliphatic heterocycles. The third-order valence-corrected chi connectivity index (χ3v) is 4.99. The normalized spacial score (nSPS) is 12.9. The van der Waals surface area contributed by atoms with Gasteiger partial charge < -0.3 is 10.2 Å². The summed E-state index contributed by atoms with van der Waals surface area (Å²) in [6, 6.07) is 12.4. The number of benzene rings is 1. The minimum absolute atomic E-state index is 0.0982. The number of thiophene rings is 1. The number of aryl methyl sites for hydroxylation is 2. The van der Waals surface area contributed by atoms with E-state index in [0.29, 0.717) is 0 Å². The van der Waals surface area contributed by atoms with Gasteiger partial charge in [-0.1, -0.05) is 32.0 Å². The number of rotatable bonds is 4. The largest absolute Gasteiger partial charge is 0.461 e. The number of hydrogen-bond acceptors (Lipinski definition) is 3. The zero-order valence-corrected chi connectivity index (χ0v) is 12.7. The van der Waals surface area contributed by atoms with Crippen LogP contribution in [0.25, 0.3) is 11.0 Å². The van der Waals surface area contributed by atoms with Crippen molar-refractivity contribution in [1.82, 2.24) is 0 Å². The fourth-order valence-electron chi connectivity index (χ4n) is 2.61. The summed E-state index contributed by atoms with van der Waals surface area (Å²) >= 11 is 1.80. The highest BCUT2D eigenvalue weighted by Gasteiger charge is 2.21. The van der Waals surface area contributed by atoms with Crippen molar-refractivity contribution in [1.29, 1.82) is 0 Å². The van der Waals surface area contributed by atoms with Crippen LogP contribution < -0.4 is 5.73 Å². The van der Waals surface area contributed by atoms with Crippen LogP contribution in [0.1, 0.15) is 41.0 Å². The second-order valence-corrected chi connectivity index (χ2v) is 6.12. The summed E-state index contributed by atoms with van der Waals surface area (Å²) in [6.07, 6.45) is 1.92. The molecular weight excluding hydrogens is 266 g/mol. The standard InChI is InChI=1S/C17H19NOS/c1-3-11-9-10-15(20-11)17(18)16-12-7-5-6-8-14(12)19-13(16)4-2/h5-10,17H,3-4,18H2,1-2H3. The Morgan fingerprint density at radius 1 is 1.10 bits per heavy atom. The fraction of sp³-hybridized carbons (Fsp3) is 0.294. The average Bonchev–Trinajstić information content (AvgIpc) is 3.10. The maximum Gasteiger partial charge on any atom is 0.134 e. The predicted octanol–water partition coefficient (Wildman–Crippen LogP) is 4.67. The van der Waals surface area contributed by atoms with Crippen molar-refractivity contribution in [3.63, 3.8) is 0 Å². The van der Waals surface area contributed by atoms with E-state index in [2.05, 4.69) is 32.0 Å². The van der Waals surface area contributed by atoms with Gasteiger partial charge in [0.05, 0.1) is 6.04 Å². The maximum absolute atomic E-state index is 6.52. The highest BCUT2D eigenvalue weighted by Crippen LogP contribution is 2.35. The molecule has 20 heavy (non-hydrogen) atoms. The summed E-state index contributed by atoms with van der Waals surface area (Å²) in [4.78, 5) is 2.59. The number of para-hydroxylation sites is 1. The van der Waals surface area contributed by atoms with E-state index >= 15 is 0 Å². The molecule has 0 fully saturated rings. The molecule has 0 saturated heterocycles. The smallest absolute Gasteiger partial charge is 0.134 e. The van der Waals surface area contributed by atoms with Crippen molar-refractivity contribution in [2.75, 3.05) is 0 Å². The van der Waals surface area contributed by atoms with E-state index < -0.39 is 0 Å². The van der Waals surface area contributed by atoms with Crippen molar-refractivity contribution in [3.8, 4) is 0 Å². The molecule has 0 saturated carbocycles. The van der Waals surface area contributed by atoms with E-state index in [-0.39, 0.29) is 6.04 Å². The van der Waals surface area contributed by atoms with Gasteiger partial charge in [0.15, 0.2) is 0 Å². The van der Waals surface area contributed by atoms with Crippen LogP contribution in [0, 0.1) is 0 Å². The zero-order chi connectivity index (χ0) is 14.1. The topological polar surface area (TPSA) is 39.2 Å². The SMILES string of the molecule is CCc1ccc(C(N)c2c(CC)oc3ccccc23)s1. The molecule has 0 bridgehead atoms. The van der Waals surface area contributed by atoms with Crippen LogP contribution in [0.4, 0.5) is 0 Å². The Morgan fingerprint density at radius 3 is 2.60 bits per heavy atom. The molecule has 2 aromatic heterocycles. The van der Waals surface area contributed by atoms with Gasteiger partial charge in [-0.15, -0.1) is 11.3 Å². The molecule has 3 rings (SSSR count). The lowest BCUT2D eigenvalue weighted by Gasteiger charge is -2.10. The molecule has 104 valence electrons. The molecule has 1 atom stereocenters. The van der Waals surface area contributed by atoms with Crippen LogP contribution in [-0.4, -0.2) is 0 Å². The summed E-state index contributed by atoms with van der Waals surface area (Å²) in [5, 5.41) is 1.14. The lowest BCUT2D eigenvalue weighted by atomic mass is 10.0. The number of hydrogen-bond donors (Lipinski definition) is 1. The molecule has 2 nitrogen and oxygen atoms in total. The summed E-state index contributed by atoms with van der Waals surface area (Å²) in [5.41, 5.74) is 8.60. The number of furan rings is 1. The summed E-state index contributed by atoms with van der Waals surface area (Å²) in [6.45, 7) is 4.28. The Bertz CT molecular complexity index is 726. The molecular formula is C17H19NOS. The van der Waals surface area contributed by atoms with Crippen LogP contribution in [0.3, 0.4) is 0 Å². The first-order chi connectivity index (χ1) is 9.74. The molecule has 0 aliphatic rings. The minimum atomic E-state index is -0.0982. The number of fused-ring (bicyclic) bond motifs is 1. The average molecular weight is 285 g/mol. The van der Waals surface area contributed by atoms with Crippen LogP contribution in [-0.2, 0) is 12.8 Å². The lowest BCUT2D eigenvalue weighted by molar-refractivity contribution is 0.547. The number of nitrogens with two attached hydrogens (primary N) is 1. The molecule has 2 heterocycles. The van der Waals surface area contributed by atoms with E-state index in [4.69, 9.17) is 10.2 Å². The lowest BCUT2D eigenvalue weighted by Crippen LogP contribution is -2.11. The van der Waals surface area contributed by atoms with Gasteiger partial charge in [-0.2, -0.15) is 0 Å². The Kier molecular flexibility index (Phi) is 3.64. The Hall–Kier alpha value is -1.58. The van der Waals surface area contributed by atoms with Crippen molar-refractivity contribution in [2.45, 2.75) is 32.7 Å². The first-order valence-electron chi connectivity index (χ1n) is 7.09. The van der Waals surface area contributed by atoms with Crippen molar-refractivity contribution in [2.24, 2.45) is 5.73 Å². The van der Waals surface area contributed by atoms with Gasteiger partial charge in [0, 0.05) is 27.1 Å². The molecule has 0 amide bonds. The molecule has 3 heteroatoms. The Morgan fingerprint density at radius 2 is 1.90 bits per heavy atom. The second kappa shape index (κ2) is 5.43. The van der Waals surface area contributed by atoms with E-state index in [1.807, 2.05) is 18.2 Å². The first kappa shape index (κ1) is 13.4. The van der Waals surface area contributed by atoms with Crippen LogP contribution in [0.2, 0.25) is 0 Å². The highest BCUT2D eigenvalue weighted by atomic mass is 32.1. The van der Waals surface area contributed by atoms with Gasteiger partial charge in [0.25, 0.3) is 0 Å². The molecule has 0 spiro atoms. The highest BCUT2D eigenvalue weighted by molar-refractivity contribution is 7.12. The molecule has 0 aliphatic carbocycles. The summed E-state index contributed by atoms with van der Waals surface area (Å²) in [7, 11) is 0. The molecule has 1 aromatic carbocycles. The van der Waals surface area contributed by atoms with Crippen molar-refractivity contribution >= 4 is 22.3 Å². The second-order valence-electron chi connectivity index (χ2n) is 4.92. The Balaban J connectivity index is 2.12. The monoisotopic (exact) mass is 285 g/mol. The van der Waals surface area contributed by atoms with Gasteiger partial charge in [-0.05, 0) is 24.6 Å². The van der Waals surface area contributed by atoms with Crippen molar-refractivity contribution < 1.29 is 4.42 Å². The quantitative estimate of drug-likeness (QED) is 0.756. The Labute approximate surface area is 123 Å². The maximum atomic E-state index is 6.52. The van der Waals surface area contributed by atoms with E-state index in [0.717, 1.165) is 35.1 Å². The van der Waals surface area contributed by atoms with Crippen LogP contribution in [0.15, 0.2) is 40.8 Å². The third-order valence-electron chi connectivity index (χ3n) is 3.68. The first-order valence-corrected chi connectivity index (χ1v) is 7.90. The van der Waals surface area contributed by atoms with Gasteiger partial charge in [0.1, 0.15) is 11.3 Å². The predicted molar refractivity (Wildman–Crippen MR) is 85.3 cm³/mol. The van der Waals surface area contributed by atoms with E-state index in [1.54, 1.807) is 11.3 Å². The van der Waals surface area contributed by atoms with Crippen molar-refractivity contribution in [3.05, 3.63) is 57.5 Å². The van der Waals surface area contributed by atoms with E-state index in [1.165, 1.54) is 9.75 Å². The fourth-order valence-corrected chi connectivity index (χ4v) is 3.58. The van der Waals surface area contributed by atoms with Crippen LogP contribution >= 0.6 is 11.3 Å². The van der Waals surface area contributed by atoms with Gasteiger partial charge >= 0.3 is 0 Å². The van der Waals surface area contributed by atoms with Gasteiger partial charge in [0.2, 0.25) is 0 Å². The molecule has 2 N–H and O–H groups in total. The van der Waals surface area contributed by atoms with Gasteiger partial charge in [-0.25, -0.2) is 0 Å².